The highest BCUT2D eigenvalue weighted by atomic mass is 15.1. The molecule has 1 aromatic heterocycles. The van der Waals surface area contributed by atoms with Crippen LogP contribution in [-0.2, 0) is 19.5 Å². The number of fused-ring (bicyclic) bond motifs is 1. The molecule has 0 saturated heterocycles. The second-order valence-electron chi connectivity index (χ2n) is 6.56. The van der Waals surface area contributed by atoms with Crippen LogP contribution in [0.3, 0.4) is 0 Å². The van der Waals surface area contributed by atoms with E-state index in [9.17, 15) is 0 Å². The first-order valence-corrected chi connectivity index (χ1v) is 8.04. The lowest BCUT2D eigenvalue weighted by Gasteiger charge is -2.25. The Hall–Kier alpha value is -0.830. The van der Waals surface area contributed by atoms with E-state index in [-0.39, 0.29) is 0 Å². The number of hydrogen-bond donors (Lipinski definition) is 1. The van der Waals surface area contributed by atoms with Crippen LogP contribution in [0.5, 0.6) is 0 Å². The maximum absolute atomic E-state index is 4.92. The number of nitrogens with zero attached hydrogens (tertiary/aromatic N) is 2. The molecule has 1 aliphatic heterocycles. The smallest absolute Gasteiger partial charge is 0.111 e. The lowest BCUT2D eigenvalue weighted by molar-refractivity contribution is 0.311. The SMILES string of the molecule is CC(C)c1nc2c(n1CC1CCCCC1)CCNC2. The highest BCUT2D eigenvalue weighted by molar-refractivity contribution is 5.21. The summed E-state index contributed by atoms with van der Waals surface area (Å²) < 4.78 is 2.58. The molecule has 2 aliphatic rings. The molecule has 1 aromatic rings. The van der Waals surface area contributed by atoms with E-state index < -0.39 is 0 Å². The number of imidazole rings is 1. The van der Waals surface area contributed by atoms with Crippen LogP contribution in [0.1, 0.15) is 69.1 Å². The van der Waals surface area contributed by atoms with Crippen molar-refractivity contribution in [2.24, 2.45) is 5.92 Å². The minimum atomic E-state index is 0.536. The van der Waals surface area contributed by atoms with Crippen LogP contribution in [0, 0.1) is 5.92 Å². The lowest BCUT2D eigenvalue weighted by atomic mass is 9.89. The molecule has 1 fully saturated rings. The van der Waals surface area contributed by atoms with E-state index >= 15 is 0 Å². The fourth-order valence-corrected chi connectivity index (χ4v) is 3.66. The maximum atomic E-state index is 4.92. The molecular weight excluding hydrogens is 234 g/mol. The van der Waals surface area contributed by atoms with Gasteiger partial charge in [0.1, 0.15) is 5.82 Å². The Balaban J connectivity index is 1.86. The second kappa shape index (κ2) is 5.66. The van der Waals surface area contributed by atoms with Crippen molar-refractivity contribution in [3.05, 3.63) is 17.2 Å². The first kappa shape index (κ1) is 13.2. The summed E-state index contributed by atoms with van der Waals surface area (Å²) >= 11 is 0. The van der Waals surface area contributed by atoms with E-state index in [0.717, 1.165) is 25.4 Å². The summed E-state index contributed by atoms with van der Waals surface area (Å²) in [5.41, 5.74) is 2.83. The summed E-state index contributed by atoms with van der Waals surface area (Å²) in [5.74, 6) is 2.74. The van der Waals surface area contributed by atoms with Crippen LogP contribution < -0.4 is 5.32 Å². The summed E-state index contributed by atoms with van der Waals surface area (Å²) in [7, 11) is 0. The molecular formula is C16H27N3. The molecule has 0 spiro atoms. The topological polar surface area (TPSA) is 29.9 Å². The number of nitrogens with one attached hydrogen (secondary N) is 1. The molecule has 0 atom stereocenters. The molecule has 1 N–H and O–H groups in total. The van der Waals surface area contributed by atoms with Crippen LogP contribution >= 0.6 is 0 Å². The molecule has 1 saturated carbocycles. The molecule has 0 radical (unpaired) electrons. The zero-order valence-corrected chi connectivity index (χ0v) is 12.4. The fraction of sp³-hybridized carbons (Fsp3) is 0.812. The molecule has 19 heavy (non-hydrogen) atoms. The van der Waals surface area contributed by atoms with Gasteiger partial charge in [0.2, 0.25) is 0 Å². The minimum absolute atomic E-state index is 0.536. The minimum Gasteiger partial charge on any atom is -0.331 e. The van der Waals surface area contributed by atoms with Gasteiger partial charge in [-0.1, -0.05) is 33.1 Å². The van der Waals surface area contributed by atoms with Gasteiger partial charge in [-0.25, -0.2) is 4.98 Å². The van der Waals surface area contributed by atoms with Crippen LogP contribution in [0.2, 0.25) is 0 Å². The molecule has 1 aliphatic carbocycles. The molecule has 0 aromatic carbocycles. The average molecular weight is 261 g/mol. The van der Waals surface area contributed by atoms with Gasteiger partial charge in [-0.05, 0) is 18.8 Å². The molecule has 2 heterocycles. The third-order valence-electron chi connectivity index (χ3n) is 4.70. The van der Waals surface area contributed by atoms with Gasteiger partial charge in [-0.15, -0.1) is 0 Å². The standard InChI is InChI=1S/C16H27N3/c1-12(2)16-18-14-10-17-9-8-15(14)19(16)11-13-6-4-3-5-7-13/h12-13,17H,3-11H2,1-2H3. The van der Waals surface area contributed by atoms with Crippen molar-refractivity contribution >= 4 is 0 Å². The second-order valence-corrected chi connectivity index (χ2v) is 6.56. The largest absolute Gasteiger partial charge is 0.331 e. The van der Waals surface area contributed by atoms with Crippen LogP contribution in [0.15, 0.2) is 0 Å². The van der Waals surface area contributed by atoms with E-state index in [4.69, 9.17) is 4.98 Å². The molecule has 106 valence electrons. The molecule has 3 heteroatoms. The van der Waals surface area contributed by atoms with Crippen molar-refractivity contribution in [1.82, 2.24) is 14.9 Å². The summed E-state index contributed by atoms with van der Waals surface area (Å²) in [4.78, 5) is 4.92. The Morgan fingerprint density at radius 3 is 2.79 bits per heavy atom. The van der Waals surface area contributed by atoms with Gasteiger partial charge in [-0.2, -0.15) is 0 Å². The summed E-state index contributed by atoms with van der Waals surface area (Å²) in [6.45, 7) is 7.85. The van der Waals surface area contributed by atoms with Crippen LogP contribution in [-0.4, -0.2) is 16.1 Å². The predicted molar refractivity (Wildman–Crippen MR) is 78.3 cm³/mol. The zero-order chi connectivity index (χ0) is 13.2. The molecule has 0 amide bonds. The molecule has 3 nitrogen and oxygen atoms in total. The summed E-state index contributed by atoms with van der Waals surface area (Å²) in [6.07, 6.45) is 8.30. The Kier molecular flexibility index (Phi) is 3.92. The Labute approximate surface area is 116 Å². The first-order chi connectivity index (χ1) is 9.25. The van der Waals surface area contributed by atoms with E-state index in [1.54, 1.807) is 0 Å². The quantitative estimate of drug-likeness (QED) is 0.905. The van der Waals surface area contributed by atoms with E-state index in [0.29, 0.717) is 5.92 Å². The van der Waals surface area contributed by atoms with Gasteiger partial charge in [0.15, 0.2) is 0 Å². The number of hydrogen-bond acceptors (Lipinski definition) is 2. The van der Waals surface area contributed by atoms with Crippen molar-refractivity contribution in [3.63, 3.8) is 0 Å². The van der Waals surface area contributed by atoms with E-state index in [1.807, 2.05) is 0 Å². The number of aromatic nitrogens is 2. The van der Waals surface area contributed by atoms with Gasteiger partial charge >= 0.3 is 0 Å². The van der Waals surface area contributed by atoms with Gasteiger partial charge < -0.3 is 9.88 Å². The first-order valence-electron chi connectivity index (χ1n) is 8.04. The van der Waals surface area contributed by atoms with Gasteiger partial charge in [0.25, 0.3) is 0 Å². The molecule has 3 rings (SSSR count). The lowest BCUT2D eigenvalue weighted by Crippen LogP contribution is -2.26. The van der Waals surface area contributed by atoms with Gasteiger partial charge in [0.05, 0.1) is 5.69 Å². The number of rotatable bonds is 3. The predicted octanol–water partition coefficient (Wildman–Crippen LogP) is 3.23. The Morgan fingerprint density at radius 1 is 1.26 bits per heavy atom. The molecule has 0 bridgehead atoms. The molecule has 0 unspecified atom stereocenters. The monoisotopic (exact) mass is 261 g/mol. The Bertz CT molecular complexity index is 427. The summed E-state index contributed by atoms with van der Waals surface area (Å²) in [5, 5.41) is 3.45. The normalized spacial score (nSPS) is 20.8. The van der Waals surface area contributed by atoms with Gasteiger partial charge in [0, 0.05) is 37.7 Å². The maximum Gasteiger partial charge on any atom is 0.111 e. The van der Waals surface area contributed by atoms with E-state index in [2.05, 4.69) is 23.7 Å². The van der Waals surface area contributed by atoms with Crippen molar-refractivity contribution in [1.29, 1.82) is 0 Å². The van der Waals surface area contributed by atoms with Crippen molar-refractivity contribution < 1.29 is 0 Å². The van der Waals surface area contributed by atoms with Crippen molar-refractivity contribution in [3.8, 4) is 0 Å². The highest BCUT2D eigenvalue weighted by Crippen LogP contribution is 2.29. The van der Waals surface area contributed by atoms with Crippen molar-refractivity contribution in [2.45, 2.75) is 71.4 Å². The fourth-order valence-electron chi connectivity index (χ4n) is 3.66. The highest BCUT2D eigenvalue weighted by Gasteiger charge is 2.23. The third-order valence-corrected chi connectivity index (χ3v) is 4.70. The van der Waals surface area contributed by atoms with E-state index in [1.165, 1.54) is 55.9 Å². The van der Waals surface area contributed by atoms with Crippen LogP contribution in [0.4, 0.5) is 0 Å². The zero-order valence-electron chi connectivity index (χ0n) is 12.4. The summed E-state index contributed by atoms with van der Waals surface area (Å²) in [6, 6.07) is 0. The average Bonchev–Trinajstić information content (AvgIpc) is 2.79. The third kappa shape index (κ3) is 2.71. The van der Waals surface area contributed by atoms with Gasteiger partial charge in [-0.3, -0.25) is 0 Å². The van der Waals surface area contributed by atoms with Crippen molar-refractivity contribution in [2.75, 3.05) is 6.54 Å². The van der Waals surface area contributed by atoms with Crippen LogP contribution in [0.25, 0.3) is 0 Å². The Morgan fingerprint density at radius 2 is 2.05 bits per heavy atom.